The van der Waals surface area contributed by atoms with Crippen molar-refractivity contribution in [1.29, 1.82) is 0 Å². The largest absolute Gasteiger partial charge is 0.382 e. The lowest BCUT2D eigenvalue weighted by molar-refractivity contribution is 0.00888. The highest BCUT2D eigenvalue weighted by Gasteiger charge is 2.26. The Morgan fingerprint density at radius 1 is 1.22 bits per heavy atom. The molecule has 0 bridgehead atoms. The number of sulfonamides is 1. The number of nitrogens with zero attached hydrogens (tertiary/aromatic N) is 1. The SMILES string of the molecule is COCCONC(=O)c1ccc(S(=O)(=O)N2CCOCC2)cc1. The first-order valence-corrected chi connectivity index (χ1v) is 8.59. The summed E-state index contributed by atoms with van der Waals surface area (Å²) in [5.41, 5.74) is 2.57. The summed E-state index contributed by atoms with van der Waals surface area (Å²) in [5.74, 6) is -0.448. The summed E-state index contributed by atoms with van der Waals surface area (Å²) in [7, 11) is -2.03. The number of ether oxygens (including phenoxy) is 2. The van der Waals surface area contributed by atoms with Crippen LogP contribution in [-0.2, 0) is 24.3 Å². The summed E-state index contributed by atoms with van der Waals surface area (Å²) in [6, 6.07) is 5.72. The second-order valence-corrected chi connectivity index (χ2v) is 6.75. The van der Waals surface area contributed by atoms with E-state index in [2.05, 4.69) is 5.48 Å². The highest BCUT2D eigenvalue weighted by molar-refractivity contribution is 7.89. The van der Waals surface area contributed by atoms with E-state index in [1.165, 1.54) is 35.7 Å². The first-order valence-electron chi connectivity index (χ1n) is 7.15. The van der Waals surface area contributed by atoms with Gasteiger partial charge in [-0.15, -0.1) is 0 Å². The highest BCUT2D eigenvalue weighted by atomic mass is 32.2. The molecule has 1 N–H and O–H groups in total. The third kappa shape index (κ3) is 4.72. The van der Waals surface area contributed by atoms with E-state index >= 15 is 0 Å². The molecule has 9 heteroatoms. The molecule has 1 saturated heterocycles. The van der Waals surface area contributed by atoms with E-state index in [1.807, 2.05) is 0 Å². The molecule has 1 heterocycles. The molecule has 0 aliphatic carbocycles. The topological polar surface area (TPSA) is 94.2 Å². The Hall–Kier alpha value is -1.52. The van der Waals surface area contributed by atoms with Crippen LogP contribution in [-0.4, -0.2) is 65.3 Å². The number of benzene rings is 1. The molecule has 0 aromatic heterocycles. The molecular weight excluding hydrogens is 324 g/mol. The lowest BCUT2D eigenvalue weighted by atomic mass is 10.2. The van der Waals surface area contributed by atoms with Gasteiger partial charge in [-0.1, -0.05) is 0 Å². The van der Waals surface area contributed by atoms with Gasteiger partial charge in [0, 0.05) is 25.8 Å². The maximum atomic E-state index is 12.4. The monoisotopic (exact) mass is 344 g/mol. The smallest absolute Gasteiger partial charge is 0.274 e. The molecule has 1 amide bonds. The van der Waals surface area contributed by atoms with Crippen molar-refractivity contribution in [3.8, 4) is 0 Å². The number of morpholine rings is 1. The Balaban J connectivity index is 1.99. The quantitative estimate of drug-likeness (QED) is 0.553. The lowest BCUT2D eigenvalue weighted by Gasteiger charge is -2.26. The van der Waals surface area contributed by atoms with Gasteiger partial charge in [-0.3, -0.25) is 9.63 Å². The fraction of sp³-hybridized carbons (Fsp3) is 0.500. The van der Waals surface area contributed by atoms with Gasteiger partial charge in [0.2, 0.25) is 10.0 Å². The van der Waals surface area contributed by atoms with Crippen LogP contribution < -0.4 is 5.48 Å². The third-order valence-corrected chi connectivity index (χ3v) is 5.19. The summed E-state index contributed by atoms with van der Waals surface area (Å²) in [6.45, 7) is 2.02. The van der Waals surface area contributed by atoms with Crippen LogP contribution >= 0.6 is 0 Å². The number of amides is 1. The van der Waals surface area contributed by atoms with Crippen molar-refractivity contribution < 1.29 is 27.5 Å². The normalized spacial score (nSPS) is 16.2. The predicted octanol–water partition coefficient (Wildman–Crippen LogP) is 0.0153. The third-order valence-electron chi connectivity index (χ3n) is 3.28. The Labute approximate surface area is 135 Å². The molecule has 1 aliphatic rings. The minimum Gasteiger partial charge on any atom is -0.382 e. The maximum absolute atomic E-state index is 12.4. The number of methoxy groups -OCH3 is 1. The minimum absolute atomic E-state index is 0.149. The van der Waals surface area contributed by atoms with Crippen LogP contribution in [0.3, 0.4) is 0 Å². The van der Waals surface area contributed by atoms with E-state index < -0.39 is 15.9 Å². The molecule has 128 valence electrons. The van der Waals surface area contributed by atoms with Crippen LogP contribution in [0.25, 0.3) is 0 Å². The summed E-state index contributed by atoms with van der Waals surface area (Å²) < 4.78 is 36.2. The predicted molar refractivity (Wildman–Crippen MR) is 81.3 cm³/mol. The summed E-state index contributed by atoms with van der Waals surface area (Å²) in [4.78, 5) is 16.9. The average molecular weight is 344 g/mol. The number of carbonyl (C=O) groups excluding carboxylic acids is 1. The van der Waals surface area contributed by atoms with Crippen molar-refractivity contribution in [1.82, 2.24) is 9.79 Å². The van der Waals surface area contributed by atoms with Gasteiger partial charge in [-0.05, 0) is 24.3 Å². The van der Waals surface area contributed by atoms with Crippen molar-refractivity contribution in [3.05, 3.63) is 29.8 Å². The molecule has 2 rings (SSSR count). The molecule has 1 fully saturated rings. The van der Waals surface area contributed by atoms with E-state index in [1.54, 1.807) is 0 Å². The lowest BCUT2D eigenvalue weighted by Crippen LogP contribution is -2.40. The van der Waals surface area contributed by atoms with Gasteiger partial charge in [-0.2, -0.15) is 4.31 Å². The van der Waals surface area contributed by atoms with Crippen molar-refractivity contribution in [2.75, 3.05) is 46.6 Å². The first kappa shape index (κ1) is 17.8. The standard InChI is InChI=1S/C14H20N2O6S/c1-20-10-11-22-15-14(17)12-2-4-13(5-3-12)23(18,19)16-6-8-21-9-7-16/h2-5H,6-11H2,1H3,(H,15,17). The van der Waals surface area contributed by atoms with E-state index in [9.17, 15) is 13.2 Å². The van der Waals surface area contributed by atoms with Crippen LogP contribution in [0.15, 0.2) is 29.2 Å². The van der Waals surface area contributed by atoms with Crippen LogP contribution in [0.4, 0.5) is 0 Å². The molecule has 0 atom stereocenters. The number of carbonyl (C=O) groups is 1. The number of nitrogens with one attached hydrogen (secondary N) is 1. The van der Waals surface area contributed by atoms with Gasteiger partial charge in [0.15, 0.2) is 0 Å². The van der Waals surface area contributed by atoms with Crippen molar-refractivity contribution >= 4 is 15.9 Å². The van der Waals surface area contributed by atoms with E-state index in [0.717, 1.165) is 0 Å². The van der Waals surface area contributed by atoms with E-state index in [4.69, 9.17) is 14.3 Å². The van der Waals surface area contributed by atoms with Gasteiger partial charge in [0.05, 0.1) is 31.3 Å². The number of hydrogen-bond donors (Lipinski definition) is 1. The molecule has 0 saturated carbocycles. The number of hydroxylamine groups is 1. The molecule has 8 nitrogen and oxygen atoms in total. The summed E-state index contributed by atoms with van der Waals surface area (Å²) in [6.07, 6.45) is 0. The first-order chi connectivity index (χ1) is 11.1. The van der Waals surface area contributed by atoms with Gasteiger partial charge < -0.3 is 9.47 Å². The van der Waals surface area contributed by atoms with Crippen molar-refractivity contribution in [2.45, 2.75) is 4.90 Å². The van der Waals surface area contributed by atoms with Crippen molar-refractivity contribution in [3.63, 3.8) is 0 Å². The maximum Gasteiger partial charge on any atom is 0.274 e. The molecule has 1 aromatic carbocycles. The summed E-state index contributed by atoms with van der Waals surface area (Å²) in [5, 5.41) is 0. The zero-order valence-electron chi connectivity index (χ0n) is 12.9. The number of hydrogen-bond acceptors (Lipinski definition) is 6. The Bertz CT molecular complexity index is 611. The minimum atomic E-state index is -3.55. The fourth-order valence-electron chi connectivity index (χ4n) is 2.01. The van der Waals surface area contributed by atoms with Gasteiger partial charge >= 0.3 is 0 Å². The Morgan fingerprint density at radius 2 is 1.87 bits per heavy atom. The van der Waals surface area contributed by atoms with E-state index in [0.29, 0.717) is 38.5 Å². The molecule has 1 aromatic rings. The zero-order chi connectivity index (χ0) is 16.7. The van der Waals surface area contributed by atoms with E-state index in [-0.39, 0.29) is 11.5 Å². The summed E-state index contributed by atoms with van der Waals surface area (Å²) >= 11 is 0. The fourth-order valence-corrected chi connectivity index (χ4v) is 3.42. The Kier molecular flexibility index (Phi) is 6.48. The molecule has 0 unspecified atom stereocenters. The molecule has 0 radical (unpaired) electrons. The number of rotatable bonds is 7. The van der Waals surface area contributed by atoms with Crippen LogP contribution in [0, 0.1) is 0 Å². The van der Waals surface area contributed by atoms with Crippen LogP contribution in [0.1, 0.15) is 10.4 Å². The van der Waals surface area contributed by atoms with Crippen LogP contribution in [0.5, 0.6) is 0 Å². The Morgan fingerprint density at radius 3 is 2.48 bits per heavy atom. The second-order valence-electron chi connectivity index (χ2n) is 4.81. The molecule has 1 aliphatic heterocycles. The van der Waals surface area contributed by atoms with Gasteiger partial charge in [-0.25, -0.2) is 13.9 Å². The molecule has 23 heavy (non-hydrogen) atoms. The zero-order valence-corrected chi connectivity index (χ0v) is 13.7. The van der Waals surface area contributed by atoms with Crippen molar-refractivity contribution in [2.24, 2.45) is 0 Å². The average Bonchev–Trinajstić information content (AvgIpc) is 2.59. The molecule has 0 spiro atoms. The molecular formula is C14H20N2O6S. The second kappa shape index (κ2) is 8.37. The highest BCUT2D eigenvalue weighted by Crippen LogP contribution is 2.17. The van der Waals surface area contributed by atoms with Crippen LogP contribution in [0.2, 0.25) is 0 Å². The van der Waals surface area contributed by atoms with Gasteiger partial charge in [0.25, 0.3) is 5.91 Å². The van der Waals surface area contributed by atoms with Gasteiger partial charge in [0.1, 0.15) is 0 Å².